The molecular weight excluding hydrogens is 385 g/mol. The number of anilines is 3. The minimum absolute atomic E-state index is 0.00834. The summed E-state index contributed by atoms with van der Waals surface area (Å²) in [6.45, 7) is 8.83. The Kier molecular flexibility index (Phi) is 4.10. The summed E-state index contributed by atoms with van der Waals surface area (Å²) in [4.78, 5) is 26.0. The Morgan fingerprint density at radius 3 is 2.67 bits per heavy atom. The third-order valence-corrected chi connectivity index (χ3v) is 6.96. The second-order valence-electron chi connectivity index (χ2n) is 9.71. The number of alkyl halides is 1. The second-order valence-corrected chi connectivity index (χ2v) is 9.71. The predicted octanol–water partition coefficient (Wildman–Crippen LogP) is 2.29. The number of nitrogens with one attached hydrogen (secondary N) is 1. The van der Waals surface area contributed by atoms with Gasteiger partial charge in [-0.3, -0.25) is 9.48 Å². The molecule has 1 amide bonds. The van der Waals surface area contributed by atoms with E-state index in [1.54, 1.807) is 10.9 Å². The number of likely N-dealkylation sites (tertiary alicyclic amines) is 1. The van der Waals surface area contributed by atoms with E-state index in [-0.39, 0.29) is 11.3 Å². The Balaban J connectivity index is 1.30. The van der Waals surface area contributed by atoms with E-state index in [1.165, 1.54) is 6.92 Å². The molecule has 2 aromatic rings. The number of halogens is 1. The number of hydrogen-bond donors (Lipinski definition) is 1. The van der Waals surface area contributed by atoms with Gasteiger partial charge in [-0.05, 0) is 20.3 Å². The molecule has 0 spiro atoms. The van der Waals surface area contributed by atoms with Gasteiger partial charge in [-0.25, -0.2) is 9.37 Å². The van der Waals surface area contributed by atoms with Crippen molar-refractivity contribution in [1.29, 1.82) is 0 Å². The van der Waals surface area contributed by atoms with Gasteiger partial charge in [-0.1, -0.05) is 6.92 Å². The van der Waals surface area contributed by atoms with Crippen LogP contribution in [0.5, 0.6) is 0 Å². The predicted molar refractivity (Wildman–Crippen MR) is 111 cm³/mol. The number of aryl methyl sites for hydroxylation is 2. The molecule has 1 aliphatic carbocycles. The van der Waals surface area contributed by atoms with E-state index in [0.717, 1.165) is 30.2 Å². The Morgan fingerprint density at radius 2 is 2.03 bits per heavy atom. The number of nitrogens with zero attached hydrogens (tertiary/aromatic N) is 6. The number of aromatic nitrogens is 4. The molecule has 3 fully saturated rings. The van der Waals surface area contributed by atoms with E-state index in [0.29, 0.717) is 31.4 Å². The first kappa shape index (κ1) is 19.3. The van der Waals surface area contributed by atoms with Crippen molar-refractivity contribution in [1.82, 2.24) is 24.6 Å². The van der Waals surface area contributed by atoms with E-state index in [1.807, 2.05) is 31.3 Å². The van der Waals surface area contributed by atoms with Gasteiger partial charge >= 0.3 is 0 Å². The van der Waals surface area contributed by atoms with Gasteiger partial charge in [-0.15, -0.1) is 0 Å². The number of carbonyl (C=O) groups is 1. The zero-order valence-electron chi connectivity index (χ0n) is 17.9. The summed E-state index contributed by atoms with van der Waals surface area (Å²) in [6, 6.07) is 0. The van der Waals surface area contributed by atoms with Crippen LogP contribution in [0.4, 0.5) is 21.8 Å². The number of carbonyl (C=O) groups excluding carboxylic acids is 1. The highest BCUT2D eigenvalue weighted by atomic mass is 19.1. The first-order chi connectivity index (χ1) is 14.1. The fourth-order valence-electron chi connectivity index (χ4n) is 5.00. The summed E-state index contributed by atoms with van der Waals surface area (Å²) in [6.07, 6.45) is 5.81. The second kappa shape index (κ2) is 6.39. The van der Waals surface area contributed by atoms with Gasteiger partial charge in [0.15, 0.2) is 0 Å². The van der Waals surface area contributed by atoms with Crippen molar-refractivity contribution in [2.24, 2.45) is 24.3 Å². The van der Waals surface area contributed by atoms with Gasteiger partial charge in [0.2, 0.25) is 11.9 Å². The SMILES string of the molecule is Cc1cnc(Nc2cnn(C)c2)nc1N1C[C@@H]2CN(C(=O)[C@@H]3CC3(C)F)C[C@]2(C)C1. The summed E-state index contributed by atoms with van der Waals surface area (Å²) in [5.74, 6) is 1.36. The Morgan fingerprint density at radius 1 is 1.27 bits per heavy atom. The average molecular weight is 414 g/mol. The molecule has 4 heterocycles. The lowest BCUT2D eigenvalue weighted by atomic mass is 9.83. The van der Waals surface area contributed by atoms with Crippen LogP contribution in [0.2, 0.25) is 0 Å². The van der Waals surface area contributed by atoms with Crippen molar-refractivity contribution in [3.8, 4) is 0 Å². The monoisotopic (exact) mass is 413 g/mol. The Labute approximate surface area is 175 Å². The Hall–Kier alpha value is -2.71. The molecule has 160 valence electrons. The lowest BCUT2D eigenvalue weighted by Crippen LogP contribution is -2.37. The molecule has 2 saturated heterocycles. The van der Waals surface area contributed by atoms with Crippen molar-refractivity contribution in [3.05, 3.63) is 24.2 Å². The summed E-state index contributed by atoms with van der Waals surface area (Å²) in [5, 5.41) is 7.36. The van der Waals surface area contributed by atoms with Gasteiger partial charge in [0, 0.05) is 62.5 Å². The number of rotatable bonds is 4. The molecule has 3 aliphatic rings. The molecule has 5 rings (SSSR count). The summed E-state index contributed by atoms with van der Waals surface area (Å²) < 4.78 is 15.7. The summed E-state index contributed by atoms with van der Waals surface area (Å²) in [5.41, 5.74) is 0.546. The molecule has 0 bridgehead atoms. The first-order valence-electron chi connectivity index (χ1n) is 10.5. The van der Waals surface area contributed by atoms with E-state index in [9.17, 15) is 9.18 Å². The van der Waals surface area contributed by atoms with Crippen LogP contribution in [-0.2, 0) is 11.8 Å². The van der Waals surface area contributed by atoms with Crippen molar-refractivity contribution in [3.63, 3.8) is 0 Å². The maximum atomic E-state index is 14.0. The number of amides is 1. The summed E-state index contributed by atoms with van der Waals surface area (Å²) in [7, 11) is 1.86. The van der Waals surface area contributed by atoms with Crippen molar-refractivity contribution < 1.29 is 9.18 Å². The third-order valence-electron chi connectivity index (χ3n) is 6.96. The van der Waals surface area contributed by atoms with Crippen LogP contribution in [0.25, 0.3) is 0 Å². The van der Waals surface area contributed by atoms with Crippen LogP contribution in [0.3, 0.4) is 0 Å². The highest BCUT2D eigenvalue weighted by Crippen LogP contribution is 2.50. The van der Waals surface area contributed by atoms with Crippen LogP contribution < -0.4 is 10.2 Å². The molecule has 30 heavy (non-hydrogen) atoms. The molecule has 2 aliphatic heterocycles. The van der Waals surface area contributed by atoms with Crippen molar-refractivity contribution in [2.75, 3.05) is 36.4 Å². The normalized spacial score (nSPS) is 32.4. The molecule has 1 unspecified atom stereocenters. The number of hydrogen-bond acceptors (Lipinski definition) is 6. The largest absolute Gasteiger partial charge is 0.355 e. The van der Waals surface area contributed by atoms with E-state index in [2.05, 4.69) is 27.2 Å². The van der Waals surface area contributed by atoms with Crippen LogP contribution in [0.1, 0.15) is 25.8 Å². The molecule has 9 heteroatoms. The maximum absolute atomic E-state index is 14.0. The average Bonchev–Trinajstić information content (AvgIpc) is 2.97. The quantitative estimate of drug-likeness (QED) is 0.829. The lowest BCUT2D eigenvalue weighted by molar-refractivity contribution is -0.132. The zero-order chi connectivity index (χ0) is 21.3. The molecule has 4 atom stereocenters. The van der Waals surface area contributed by atoms with Gasteiger partial charge in [0.05, 0.1) is 17.8 Å². The Bertz CT molecular complexity index is 1000. The highest BCUT2D eigenvalue weighted by molar-refractivity contribution is 5.83. The van der Waals surface area contributed by atoms with Gasteiger partial charge in [0.1, 0.15) is 11.5 Å². The molecule has 8 nitrogen and oxygen atoms in total. The lowest BCUT2D eigenvalue weighted by Gasteiger charge is -2.27. The molecular formula is C21H28FN7O. The molecule has 1 N–H and O–H groups in total. The third kappa shape index (κ3) is 3.20. The zero-order valence-corrected chi connectivity index (χ0v) is 17.9. The standard InChI is InChI=1S/C21H28FN7O/c1-13-6-23-19(25-15-7-24-27(4)10-15)26-17(13)28-8-14-9-29(12-20(14,2)11-28)18(30)16-5-21(16,3)22/h6-7,10,14,16H,5,8-9,11-12H2,1-4H3,(H,23,25,26)/t14-,16+,20+,21?/m1/s1. The van der Waals surface area contributed by atoms with Crippen molar-refractivity contribution >= 4 is 23.4 Å². The number of fused-ring (bicyclic) bond motifs is 1. The van der Waals surface area contributed by atoms with E-state index < -0.39 is 11.6 Å². The van der Waals surface area contributed by atoms with Gasteiger partial charge < -0.3 is 15.1 Å². The summed E-state index contributed by atoms with van der Waals surface area (Å²) >= 11 is 0. The molecule has 2 aromatic heterocycles. The van der Waals surface area contributed by atoms with E-state index >= 15 is 0 Å². The fourth-order valence-corrected chi connectivity index (χ4v) is 5.00. The van der Waals surface area contributed by atoms with Crippen LogP contribution in [-0.4, -0.2) is 62.4 Å². The van der Waals surface area contributed by atoms with Gasteiger partial charge in [-0.2, -0.15) is 10.1 Å². The highest BCUT2D eigenvalue weighted by Gasteiger charge is 2.59. The minimum atomic E-state index is -1.31. The fraction of sp³-hybridized carbons (Fsp3) is 0.619. The van der Waals surface area contributed by atoms with Crippen LogP contribution in [0, 0.1) is 24.2 Å². The first-order valence-corrected chi connectivity index (χ1v) is 10.5. The van der Waals surface area contributed by atoms with Crippen LogP contribution >= 0.6 is 0 Å². The van der Waals surface area contributed by atoms with Crippen LogP contribution in [0.15, 0.2) is 18.6 Å². The molecule has 0 radical (unpaired) electrons. The molecule has 1 saturated carbocycles. The topological polar surface area (TPSA) is 79.2 Å². The van der Waals surface area contributed by atoms with Crippen molar-refractivity contribution in [2.45, 2.75) is 32.9 Å². The molecule has 0 aromatic carbocycles. The smallest absolute Gasteiger partial charge is 0.229 e. The minimum Gasteiger partial charge on any atom is -0.355 e. The van der Waals surface area contributed by atoms with Gasteiger partial charge in [0.25, 0.3) is 0 Å². The maximum Gasteiger partial charge on any atom is 0.229 e. The van der Waals surface area contributed by atoms with E-state index in [4.69, 9.17) is 4.98 Å².